The molecule has 0 aliphatic carbocycles. The first-order valence-corrected chi connectivity index (χ1v) is 8.98. The molecule has 0 saturated heterocycles. The van der Waals surface area contributed by atoms with Crippen LogP contribution in [0.3, 0.4) is 0 Å². The van der Waals surface area contributed by atoms with Crippen LogP contribution in [0.1, 0.15) is 20.8 Å². The Bertz CT molecular complexity index is 774. The molecule has 0 saturated carbocycles. The molecule has 0 fully saturated rings. The van der Waals surface area contributed by atoms with Crippen molar-refractivity contribution in [2.45, 2.75) is 20.8 Å². The average Bonchev–Trinajstić information content (AvgIpc) is 2.61. The third kappa shape index (κ3) is 6.07. The zero-order chi connectivity index (χ0) is 19.8. The first-order chi connectivity index (χ1) is 12.9. The van der Waals surface area contributed by atoms with Crippen LogP contribution >= 0.6 is 0 Å². The predicted molar refractivity (Wildman–Crippen MR) is 112 cm³/mol. The summed E-state index contributed by atoms with van der Waals surface area (Å²) in [5, 5.41) is 6.11. The van der Waals surface area contributed by atoms with Gasteiger partial charge in [-0.2, -0.15) is 5.10 Å². The van der Waals surface area contributed by atoms with Gasteiger partial charge in [-0.15, -0.1) is 0 Å². The number of amides is 1. The zero-order valence-corrected chi connectivity index (χ0v) is 16.2. The van der Waals surface area contributed by atoms with Gasteiger partial charge in [0, 0.05) is 6.54 Å². The molecule has 7 heteroatoms. The number of para-hydroxylation sites is 2. The minimum Gasteiger partial charge on any atom is -0.387 e. The Morgan fingerprint density at radius 3 is 2.74 bits per heavy atom. The van der Waals surface area contributed by atoms with Gasteiger partial charge in [0.25, 0.3) is 5.91 Å². The van der Waals surface area contributed by atoms with Crippen molar-refractivity contribution >= 4 is 29.5 Å². The highest BCUT2D eigenvalue weighted by molar-refractivity contribution is 6.12. The van der Waals surface area contributed by atoms with E-state index in [4.69, 9.17) is 11.5 Å². The van der Waals surface area contributed by atoms with Crippen molar-refractivity contribution < 1.29 is 4.79 Å². The largest absolute Gasteiger partial charge is 0.387 e. The zero-order valence-electron chi connectivity index (χ0n) is 16.2. The highest BCUT2D eigenvalue weighted by Gasteiger charge is 2.23. The maximum absolute atomic E-state index is 12.7. The van der Waals surface area contributed by atoms with Crippen molar-refractivity contribution in [3.05, 3.63) is 48.1 Å². The van der Waals surface area contributed by atoms with Gasteiger partial charge < -0.3 is 11.5 Å². The molecule has 1 aromatic rings. The second-order valence-electron chi connectivity index (χ2n) is 6.72. The summed E-state index contributed by atoms with van der Waals surface area (Å²) in [4.78, 5) is 18.5. The predicted octanol–water partition coefficient (Wildman–Crippen LogP) is 2.38. The quantitative estimate of drug-likeness (QED) is 0.438. The lowest BCUT2D eigenvalue weighted by Gasteiger charge is -2.29. The monoisotopic (exact) mass is 368 g/mol. The van der Waals surface area contributed by atoms with E-state index in [1.165, 1.54) is 11.2 Å². The van der Waals surface area contributed by atoms with Gasteiger partial charge in [-0.25, -0.2) is 4.99 Å². The number of anilines is 1. The minimum absolute atomic E-state index is 0.0866. The molecule has 0 unspecified atom stereocenters. The molecule has 1 amide bonds. The van der Waals surface area contributed by atoms with E-state index in [2.05, 4.69) is 30.0 Å². The second kappa shape index (κ2) is 9.68. The molecule has 1 aliphatic rings. The third-order valence-corrected chi connectivity index (χ3v) is 3.83. The number of rotatable bonds is 7. The van der Waals surface area contributed by atoms with Crippen molar-refractivity contribution in [3.63, 3.8) is 0 Å². The molecule has 2 rings (SSSR count). The molecule has 1 heterocycles. The van der Waals surface area contributed by atoms with E-state index in [0.717, 1.165) is 5.57 Å². The van der Waals surface area contributed by atoms with E-state index in [0.29, 0.717) is 36.2 Å². The van der Waals surface area contributed by atoms with Crippen LogP contribution in [0.2, 0.25) is 0 Å². The van der Waals surface area contributed by atoms with Crippen molar-refractivity contribution in [1.29, 1.82) is 0 Å². The van der Waals surface area contributed by atoms with Gasteiger partial charge in [-0.3, -0.25) is 14.7 Å². The van der Waals surface area contributed by atoms with E-state index in [9.17, 15) is 4.79 Å². The molecule has 0 radical (unpaired) electrons. The van der Waals surface area contributed by atoms with Gasteiger partial charge in [0.15, 0.2) is 0 Å². The summed E-state index contributed by atoms with van der Waals surface area (Å²) < 4.78 is 0. The molecule has 0 spiro atoms. The summed E-state index contributed by atoms with van der Waals surface area (Å²) in [5.41, 5.74) is 13.8. The normalized spacial score (nSPS) is 16.1. The maximum atomic E-state index is 12.7. The van der Waals surface area contributed by atoms with Crippen LogP contribution in [-0.4, -0.2) is 42.7 Å². The van der Waals surface area contributed by atoms with Gasteiger partial charge >= 0.3 is 0 Å². The first kappa shape index (κ1) is 20.4. The summed E-state index contributed by atoms with van der Waals surface area (Å²) in [7, 11) is 0. The fourth-order valence-electron chi connectivity index (χ4n) is 2.54. The Labute approximate surface area is 160 Å². The van der Waals surface area contributed by atoms with Crippen LogP contribution in [0.15, 0.2) is 58.2 Å². The number of carbonyl (C=O) groups is 1. The van der Waals surface area contributed by atoms with Gasteiger partial charge in [-0.1, -0.05) is 44.2 Å². The van der Waals surface area contributed by atoms with E-state index >= 15 is 0 Å². The third-order valence-electron chi connectivity index (χ3n) is 3.83. The lowest BCUT2D eigenvalue weighted by atomic mass is 10.1. The summed E-state index contributed by atoms with van der Waals surface area (Å²) in [5.74, 6) is 0.817. The van der Waals surface area contributed by atoms with Crippen LogP contribution in [0.4, 0.5) is 11.4 Å². The summed E-state index contributed by atoms with van der Waals surface area (Å²) >= 11 is 0. The van der Waals surface area contributed by atoms with Crippen LogP contribution in [0.25, 0.3) is 0 Å². The highest BCUT2D eigenvalue weighted by atomic mass is 16.2. The molecule has 0 atom stereocenters. The number of hydrazone groups is 1. The second-order valence-corrected chi connectivity index (χ2v) is 6.72. The van der Waals surface area contributed by atoms with Crippen molar-refractivity contribution in [2.24, 2.45) is 27.5 Å². The fourth-order valence-corrected chi connectivity index (χ4v) is 2.54. The number of amidine groups is 1. The Hall–Kier alpha value is -2.93. The molecule has 0 aromatic heterocycles. The fraction of sp³-hybridized carbons (Fsp3) is 0.350. The average molecular weight is 368 g/mol. The minimum atomic E-state index is -0.0866. The topological polar surface area (TPSA) is 100 Å². The highest BCUT2D eigenvalue weighted by Crippen LogP contribution is 2.28. The van der Waals surface area contributed by atoms with Crippen LogP contribution in [0, 0.1) is 5.92 Å². The Balaban J connectivity index is 2.15. The SMILES string of the molecule is CC(N)=Nc1ccccc1N1C=NN(C/C(=C/C=C\C(C)C)CN)CC1=O. The van der Waals surface area contributed by atoms with Crippen LogP contribution in [0.5, 0.6) is 0 Å². The van der Waals surface area contributed by atoms with E-state index < -0.39 is 0 Å². The number of hydrogen-bond donors (Lipinski definition) is 2. The lowest BCUT2D eigenvalue weighted by molar-refractivity contribution is -0.119. The number of aliphatic imine (C=N–C) groups is 1. The van der Waals surface area contributed by atoms with Crippen molar-refractivity contribution in [1.82, 2.24) is 5.01 Å². The van der Waals surface area contributed by atoms with Crippen LogP contribution in [-0.2, 0) is 4.79 Å². The van der Waals surface area contributed by atoms with E-state index in [1.54, 1.807) is 11.9 Å². The molecule has 0 bridgehead atoms. The molecular weight excluding hydrogens is 340 g/mol. The summed E-state index contributed by atoms with van der Waals surface area (Å²) in [6, 6.07) is 7.34. The smallest absolute Gasteiger partial charge is 0.253 e. The van der Waals surface area contributed by atoms with E-state index in [-0.39, 0.29) is 12.5 Å². The summed E-state index contributed by atoms with van der Waals surface area (Å²) in [6.07, 6.45) is 7.60. The van der Waals surface area contributed by atoms with Gasteiger partial charge in [0.1, 0.15) is 12.9 Å². The molecule has 7 nitrogen and oxygen atoms in total. The van der Waals surface area contributed by atoms with Crippen LogP contribution < -0.4 is 16.4 Å². The van der Waals surface area contributed by atoms with Gasteiger partial charge in [0.2, 0.25) is 0 Å². The maximum Gasteiger partial charge on any atom is 0.253 e. The van der Waals surface area contributed by atoms with Gasteiger partial charge in [-0.05, 0) is 30.5 Å². The molecule has 1 aliphatic heterocycles. The number of nitrogens with two attached hydrogens (primary N) is 2. The Morgan fingerprint density at radius 1 is 1.37 bits per heavy atom. The summed E-state index contributed by atoms with van der Waals surface area (Å²) in [6.45, 7) is 7.03. The Kier molecular flexibility index (Phi) is 7.31. The first-order valence-electron chi connectivity index (χ1n) is 8.98. The number of allylic oxidation sites excluding steroid dienone is 3. The number of carbonyl (C=O) groups excluding carboxylic acids is 1. The molecule has 4 N–H and O–H groups in total. The van der Waals surface area contributed by atoms with Crippen molar-refractivity contribution in [3.8, 4) is 0 Å². The number of hydrogen-bond acceptors (Lipinski definition) is 5. The molecule has 27 heavy (non-hydrogen) atoms. The standard InChI is InChI=1S/C20H28N6O/c1-15(2)7-6-8-17(11-21)12-25-13-20(27)26(14-23-25)19-10-5-4-9-18(19)24-16(3)22/h4-10,14-15H,11-13,21H2,1-3H3,(H2,22,24)/b7-6-,17-8+. The van der Waals surface area contributed by atoms with Gasteiger partial charge in [0.05, 0.1) is 23.8 Å². The molecule has 144 valence electrons. The number of benzene rings is 1. The Morgan fingerprint density at radius 2 is 2.11 bits per heavy atom. The van der Waals surface area contributed by atoms with Crippen molar-refractivity contribution in [2.75, 3.05) is 24.5 Å². The molecule has 1 aromatic carbocycles. The lowest BCUT2D eigenvalue weighted by Crippen LogP contribution is -2.44. The van der Waals surface area contributed by atoms with E-state index in [1.807, 2.05) is 36.4 Å². The molecular formula is C20H28N6O. The number of nitrogens with zero attached hydrogens (tertiary/aromatic N) is 4.